The van der Waals surface area contributed by atoms with Crippen LogP contribution in [-0.4, -0.2) is 16.0 Å². The van der Waals surface area contributed by atoms with Crippen molar-refractivity contribution >= 4 is 21.6 Å². The van der Waals surface area contributed by atoms with Gasteiger partial charge >= 0.3 is 0 Å². The monoisotopic (exact) mass is 313 g/mol. The second-order valence-electron chi connectivity index (χ2n) is 5.45. The summed E-state index contributed by atoms with van der Waals surface area (Å²) in [6, 6.07) is 12.7. The largest absolute Gasteiger partial charge is 0.308 e. The predicted molar refractivity (Wildman–Crippen MR) is 91.3 cm³/mol. The Balaban J connectivity index is 1.55. The van der Waals surface area contributed by atoms with Crippen molar-refractivity contribution in [2.45, 2.75) is 32.4 Å². The number of nitrogens with one attached hydrogen (secondary N) is 2. The molecule has 114 valence electrons. The highest BCUT2D eigenvalue weighted by atomic mass is 32.1. The van der Waals surface area contributed by atoms with Gasteiger partial charge in [-0.1, -0.05) is 30.3 Å². The molecule has 5 heteroatoms. The number of hydrogen-bond acceptors (Lipinski definition) is 4. The molecule has 0 amide bonds. The van der Waals surface area contributed by atoms with Gasteiger partial charge in [-0.3, -0.25) is 4.79 Å². The summed E-state index contributed by atoms with van der Waals surface area (Å²) < 4.78 is 0.695. The molecular weight excluding hydrogens is 294 g/mol. The number of rotatable bonds is 6. The Morgan fingerprint density at radius 1 is 1.27 bits per heavy atom. The van der Waals surface area contributed by atoms with Crippen LogP contribution in [0.25, 0.3) is 10.2 Å². The van der Waals surface area contributed by atoms with E-state index in [2.05, 4.69) is 46.5 Å². The molecule has 0 spiro atoms. The number of aromatic nitrogens is 2. The minimum absolute atomic E-state index is 0.0475. The van der Waals surface area contributed by atoms with E-state index in [1.54, 1.807) is 0 Å². The van der Waals surface area contributed by atoms with Crippen LogP contribution in [0.1, 0.15) is 24.7 Å². The van der Waals surface area contributed by atoms with Crippen molar-refractivity contribution in [3.8, 4) is 0 Å². The summed E-state index contributed by atoms with van der Waals surface area (Å²) in [4.78, 5) is 19.2. The number of nitrogens with zero attached hydrogens (tertiary/aromatic N) is 1. The van der Waals surface area contributed by atoms with Crippen LogP contribution in [0.4, 0.5) is 0 Å². The quantitative estimate of drug-likeness (QED) is 0.735. The van der Waals surface area contributed by atoms with Crippen LogP contribution in [0.2, 0.25) is 0 Å². The van der Waals surface area contributed by atoms with Gasteiger partial charge in [-0.2, -0.15) is 0 Å². The van der Waals surface area contributed by atoms with Crippen molar-refractivity contribution in [1.82, 2.24) is 15.3 Å². The molecule has 0 aliphatic carbocycles. The molecule has 0 aliphatic heterocycles. The molecule has 0 saturated carbocycles. The Morgan fingerprint density at radius 3 is 2.91 bits per heavy atom. The van der Waals surface area contributed by atoms with Crippen LogP contribution in [-0.2, 0) is 13.0 Å². The smallest absolute Gasteiger partial charge is 0.268 e. The molecule has 0 radical (unpaired) electrons. The zero-order chi connectivity index (χ0) is 15.4. The maximum atomic E-state index is 11.9. The molecule has 0 bridgehead atoms. The van der Waals surface area contributed by atoms with Gasteiger partial charge in [-0.05, 0) is 36.8 Å². The Kier molecular flexibility index (Phi) is 4.65. The van der Waals surface area contributed by atoms with E-state index >= 15 is 0 Å². The minimum Gasteiger partial charge on any atom is -0.308 e. The summed E-state index contributed by atoms with van der Waals surface area (Å²) in [7, 11) is 0. The number of hydrogen-bond donors (Lipinski definition) is 2. The van der Waals surface area contributed by atoms with Gasteiger partial charge in [0.15, 0.2) is 0 Å². The SMILES string of the molecule is C[C@@H](CCc1ccccc1)NCc1nc2ccsc2c(=O)[nH]1. The van der Waals surface area contributed by atoms with Crippen LogP contribution in [0.3, 0.4) is 0 Å². The van der Waals surface area contributed by atoms with Gasteiger partial charge in [0.25, 0.3) is 5.56 Å². The second-order valence-corrected chi connectivity index (χ2v) is 6.37. The molecule has 1 aromatic carbocycles. The molecule has 2 aromatic heterocycles. The summed E-state index contributed by atoms with van der Waals surface area (Å²) in [5.74, 6) is 0.697. The minimum atomic E-state index is -0.0475. The lowest BCUT2D eigenvalue weighted by Crippen LogP contribution is -2.28. The van der Waals surface area contributed by atoms with Crippen molar-refractivity contribution < 1.29 is 0 Å². The zero-order valence-corrected chi connectivity index (χ0v) is 13.3. The van der Waals surface area contributed by atoms with Crippen LogP contribution >= 0.6 is 11.3 Å². The first-order valence-corrected chi connectivity index (χ1v) is 8.34. The normalized spacial score (nSPS) is 12.6. The summed E-state index contributed by atoms with van der Waals surface area (Å²) in [5, 5.41) is 5.32. The average Bonchev–Trinajstić information content (AvgIpc) is 3.01. The molecule has 0 saturated heterocycles. The number of benzene rings is 1. The fourth-order valence-electron chi connectivity index (χ4n) is 2.41. The summed E-state index contributed by atoms with van der Waals surface area (Å²) in [5.41, 5.74) is 2.08. The van der Waals surface area contributed by atoms with Crippen LogP contribution in [0.15, 0.2) is 46.6 Å². The third kappa shape index (κ3) is 3.61. The molecule has 2 N–H and O–H groups in total. The van der Waals surface area contributed by atoms with E-state index in [1.165, 1.54) is 16.9 Å². The molecule has 0 fully saturated rings. The van der Waals surface area contributed by atoms with Gasteiger partial charge in [-0.25, -0.2) is 4.98 Å². The summed E-state index contributed by atoms with van der Waals surface area (Å²) in [6.45, 7) is 2.74. The lowest BCUT2D eigenvalue weighted by Gasteiger charge is -2.13. The molecule has 0 aliphatic rings. The third-order valence-electron chi connectivity index (χ3n) is 3.69. The molecule has 0 unspecified atom stereocenters. The molecular formula is C17H19N3OS. The molecule has 22 heavy (non-hydrogen) atoms. The maximum absolute atomic E-state index is 11.9. The lowest BCUT2D eigenvalue weighted by molar-refractivity contribution is 0.505. The fourth-order valence-corrected chi connectivity index (χ4v) is 3.13. The number of H-pyrrole nitrogens is 1. The Bertz CT molecular complexity index is 794. The standard InChI is InChI=1S/C17H19N3OS/c1-12(7-8-13-5-3-2-4-6-13)18-11-15-19-14-9-10-22-16(14)17(21)20-15/h2-6,9-10,12,18H,7-8,11H2,1H3,(H,19,20,21)/t12-/m0/s1. The van der Waals surface area contributed by atoms with E-state index in [-0.39, 0.29) is 5.56 Å². The highest BCUT2D eigenvalue weighted by molar-refractivity contribution is 7.17. The van der Waals surface area contributed by atoms with E-state index < -0.39 is 0 Å². The number of fused-ring (bicyclic) bond motifs is 1. The molecule has 2 heterocycles. The molecule has 3 rings (SSSR count). The van der Waals surface area contributed by atoms with Crippen molar-refractivity contribution in [2.75, 3.05) is 0 Å². The first kappa shape index (κ1) is 14.9. The highest BCUT2D eigenvalue weighted by Gasteiger charge is 2.07. The molecule has 4 nitrogen and oxygen atoms in total. The van der Waals surface area contributed by atoms with Gasteiger partial charge in [0.05, 0.1) is 12.1 Å². The topological polar surface area (TPSA) is 57.8 Å². The van der Waals surface area contributed by atoms with Gasteiger partial charge in [0, 0.05) is 6.04 Å². The van der Waals surface area contributed by atoms with Gasteiger partial charge in [-0.15, -0.1) is 11.3 Å². The summed E-state index contributed by atoms with van der Waals surface area (Å²) >= 11 is 1.43. The fraction of sp³-hybridized carbons (Fsp3) is 0.294. The van der Waals surface area contributed by atoms with Crippen molar-refractivity contribution in [1.29, 1.82) is 0 Å². The van der Waals surface area contributed by atoms with Crippen LogP contribution in [0.5, 0.6) is 0 Å². The van der Waals surface area contributed by atoms with Gasteiger partial charge in [0.2, 0.25) is 0 Å². The van der Waals surface area contributed by atoms with Crippen LogP contribution < -0.4 is 10.9 Å². The zero-order valence-electron chi connectivity index (χ0n) is 12.5. The molecule has 1 atom stereocenters. The lowest BCUT2D eigenvalue weighted by atomic mass is 10.1. The predicted octanol–water partition coefficient (Wildman–Crippen LogP) is 3.10. The number of aromatic amines is 1. The highest BCUT2D eigenvalue weighted by Crippen LogP contribution is 2.13. The summed E-state index contributed by atoms with van der Waals surface area (Å²) in [6.07, 6.45) is 2.09. The van der Waals surface area contributed by atoms with E-state index in [0.717, 1.165) is 18.4 Å². The molecule has 3 aromatic rings. The first-order valence-electron chi connectivity index (χ1n) is 7.46. The Hall–Kier alpha value is -1.98. The third-order valence-corrected chi connectivity index (χ3v) is 4.59. The van der Waals surface area contributed by atoms with Crippen LogP contribution in [0, 0.1) is 0 Å². The number of thiophene rings is 1. The van der Waals surface area contributed by atoms with E-state index in [0.29, 0.717) is 23.1 Å². The van der Waals surface area contributed by atoms with Crippen molar-refractivity contribution in [3.05, 3.63) is 63.5 Å². The second kappa shape index (κ2) is 6.85. The van der Waals surface area contributed by atoms with E-state index in [4.69, 9.17) is 0 Å². The van der Waals surface area contributed by atoms with E-state index in [9.17, 15) is 4.79 Å². The maximum Gasteiger partial charge on any atom is 0.268 e. The van der Waals surface area contributed by atoms with Crippen molar-refractivity contribution in [2.24, 2.45) is 0 Å². The number of aryl methyl sites for hydroxylation is 1. The van der Waals surface area contributed by atoms with Gasteiger partial charge in [0.1, 0.15) is 10.5 Å². The average molecular weight is 313 g/mol. The Labute approximate surface area is 133 Å². The van der Waals surface area contributed by atoms with Crippen molar-refractivity contribution in [3.63, 3.8) is 0 Å². The van der Waals surface area contributed by atoms with E-state index in [1.807, 2.05) is 17.5 Å². The van der Waals surface area contributed by atoms with Gasteiger partial charge < -0.3 is 10.3 Å². The first-order chi connectivity index (χ1) is 10.7. The Morgan fingerprint density at radius 2 is 2.09 bits per heavy atom.